The Bertz CT molecular complexity index is 802. The van der Waals surface area contributed by atoms with E-state index in [0.717, 1.165) is 16.8 Å². The van der Waals surface area contributed by atoms with Gasteiger partial charge >= 0.3 is 5.97 Å². The van der Waals surface area contributed by atoms with Crippen molar-refractivity contribution in [2.45, 2.75) is 19.3 Å². The largest absolute Gasteiger partial charge is 0.496 e. The molecule has 1 atom stereocenters. The summed E-state index contributed by atoms with van der Waals surface area (Å²) >= 11 is 0. The van der Waals surface area contributed by atoms with Crippen LogP contribution in [0.15, 0.2) is 24.5 Å². The Kier molecular flexibility index (Phi) is 4.16. The summed E-state index contributed by atoms with van der Waals surface area (Å²) in [5.74, 6) is -0.154. The van der Waals surface area contributed by atoms with E-state index >= 15 is 0 Å². The first-order valence-corrected chi connectivity index (χ1v) is 7.42. The summed E-state index contributed by atoms with van der Waals surface area (Å²) in [6.45, 7) is 1.90. The van der Waals surface area contributed by atoms with Crippen LogP contribution in [0.5, 0.6) is 5.75 Å². The zero-order chi connectivity index (χ0) is 17.3. The molecule has 24 heavy (non-hydrogen) atoms. The average Bonchev–Trinajstić information content (AvgIpc) is 2.61. The summed E-state index contributed by atoms with van der Waals surface area (Å²) in [5.41, 5.74) is 3.32. The highest BCUT2D eigenvalue weighted by Crippen LogP contribution is 2.40. The van der Waals surface area contributed by atoms with Crippen molar-refractivity contribution in [3.8, 4) is 5.75 Å². The van der Waals surface area contributed by atoms with E-state index in [1.54, 1.807) is 7.11 Å². The molecule has 0 radical (unpaired) electrons. The van der Waals surface area contributed by atoms with Crippen molar-refractivity contribution in [1.82, 2.24) is 9.97 Å². The number of hydrogen-bond donors (Lipinski definition) is 1. The van der Waals surface area contributed by atoms with Crippen LogP contribution in [0.1, 0.15) is 39.6 Å². The van der Waals surface area contributed by atoms with Crippen LogP contribution in [-0.4, -0.2) is 36.1 Å². The smallest absolute Gasteiger partial charge is 0.358 e. The first-order chi connectivity index (χ1) is 11.5. The summed E-state index contributed by atoms with van der Waals surface area (Å²) in [5, 5.41) is 2.90. The van der Waals surface area contributed by atoms with Crippen LogP contribution in [0.2, 0.25) is 0 Å². The summed E-state index contributed by atoms with van der Waals surface area (Å²) in [7, 11) is 2.88. The number of nitrogens with zero attached hydrogens (tertiary/aromatic N) is 2. The standard InChI is InChI=1S/C17H17N3O4/c1-9-14(23-2)5-4-10-11(6-15(21)20-16(9)10)12-7-19-13(8-18-12)17(22)24-3/h4-5,7-8,11H,6H2,1-3H3,(H,20,21). The number of benzene rings is 1. The zero-order valence-electron chi connectivity index (χ0n) is 13.6. The third kappa shape index (κ3) is 2.68. The van der Waals surface area contributed by atoms with Gasteiger partial charge < -0.3 is 14.8 Å². The molecule has 1 aromatic carbocycles. The number of ether oxygens (including phenoxy) is 2. The monoisotopic (exact) mass is 327 g/mol. The average molecular weight is 327 g/mol. The molecule has 1 amide bonds. The topological polar surface area (TPSA) is 90.4 Å². The fourth-order valence-electron chi connectivity index (χ4n) is 2.87. The minimum Gasteiger partial charge on any atom is -0.496 e. The van der Waals surface area contributed by atoms with Gasteiger partial charge in [0.15, 0.2) is 5.69 Å². The second-order valence-electron chi connectivity index (χ2n) is 5.48. The minimum absolute atomic E-state index is 0.0947. The lowest BCUT2D eigenvalue weighted by atomic mass is 9.86. The minimum atomic E-state index is -0.545. The first kappa shape index (κ1) is 15.9. The fraction of sp³-hybridized carbons (Fsp3) is 0.294. The number of carbonyl (C=O) groups excluding carboxylic acids is 2. The van der Waals surface area contributed by atoms with Crippen molar-refractivity contribution in [2.75, 3.05) is 19.5 Å². The van der Waals surface area contributed by atoms with Crippen molar-refractivity contribution < 1.29 is 19.1 Å². The van der Waals surface area contributed by atoms with Gasteiger partial charge in [0.2, 0.25) is 5.91 Å². The number of hydrogen-bond acceptors (Lipinski definition) is 6. The summed E-state index contributed by atoms with van der Waals surface area (Å²) in [4.78, 5) is 32.0. The number of aromatic nitrogens is 2. The predicted molar refractivity (Wildman–Crippen MR) is 86.2 cm³/mol. The quantitative estimate of drug-likeness (QED) is 0.868. The van der Waals surface area contributed by atoms with E-state index < -0.39 is 5.97 Å². The van der Waals surface area contributed by atoms with Gasteiger partial charge in [-0.05, 0) is 18.6 Å². The van der Waals surface area contributed by atoms with Crippen LogP contribution >= 0.6 is 0 Å². The Hall–Kier alpha value is -2.96. The van der Waals surface area contributed by atoms with Crippen LogP contribution in [-0.2, 0) is 9.53 Å². The van der Waals surface area contributed by atoms with Gasteiger partial charge in [-0.15, -0.1) is 0 Å². The fourth-order valence-corrected chi connectivity index (χ4v) is 2.87. The molecule has 0 aliphatic carbocycles. The van der Waals surface area contributed by atoms with E-state index in [-0.39, 0.29) is 23.9 Å². The van der Waals surface area contributed by atoms with Crippen LogP contribution < -0.4 is 10.1 Å². The molecule has 0 spiro atoms. The van der Waals surface area contributed by atoms with Crippen LogP contribution in [0.25, 0.3) is 0 Å². The molecule has 1 aliphatic rings. The molecule has 0 saturated carbocycles. The Morgan fingerprint density at radius 2 is 2.04 bits per heavy atom. The third-order valence-electron chi connectivity index (χ3n) is 4.12. The Labute approximate surface area is 139 Å². The Morgan fingerprint density at radius 1 is 1.25 bits per heavy atom. The van der Waals surface area contributed by atoms with Crippen molar-refractivity contribution >= 4 is 17.6 Å². The number of carbonyl (C=O) groups is 2. The van der Waals surface area contributed by atoms with Gasteiger partial charge in [-0.3, -0.25) is 9.78 Å². The molecule has 1 aliphatic heterocycles. The molecule has 3 rings (SSSR count). The SMILES string of the molecule is COC(=O)c1cnc(C2CC(=O)Nc3c2ccc(OC)c3C)cn1. The number of rotatable bonds is 3. The number of nitrogens with one attached hydrogen (secondary N) is 1. The lowest BCUT2D eigenvalue weighted by Crippen LogP contribution is -2.25. The maximum absolute atomic E-state index is 12.1. The van der Waals surface area contributed by atoms with Gasteiger partial charge in [0.05, 0.1) is 38.0 Å². The second-order valence-corrected chi connectivity index (χ2v) is 5.48. The van der Waals surface area contributed by atoms with Gasteiger partial charge in [-0.2, -0.15) is 0 Å². The van der Waals surface area contributed by atoms with Gasteiger partial charge in [-0.25, -0.2) is 9.78 Å². The molecule has 7 nitrogen and oxygen atoms in total. The maximum Gasteiger partial charge on any atom is 0.358 e. The predicted octanol–water partition coefficient (Wildman–Crippen LogP) is 2.05. The van der Waals surface area contributed by atoms with Gasteiger partial charge in [0.25, 0.3) is 0 Å². The van der Waals surface area contributed by atoms with Crippen LogP contribution in [0.4, 0.5) is 5.69 Å². The number of fused-ring (bicyclic) bond motifs is 1. The van der Waals surface area contributed by atoms with E-state index in [9.17, 15) is 9.59 Å². The molecule has 2 aromatic rings. The summed E-state index contributed by atoms with van der Waals surface area (Å²) < 4.78 is 9.93. The first-order valence-electron chi connectivity index (χ1n) is 7.42. The van der Waals surface area contributed by atoms with Crippen molar-refractivity contribution in [3.63, 3.8) is 0 Å². The van der Waals surface area contributed by atoms with E-state index in [1.807, 2.05) is 19.1 Å². The summed E-state index contributed by atoms with van der Waals surface area (Å²) in [6, 6.07) is 3.79. The van der Waals surface area contributed by atoms with Gasteiger partial charge in [0.1, 0.15) is 5.75 Å². The Morgan fingerprint density at radius 3 is 2.67 bits per heavy atom. The van der Waals surface area contributed by atoms with E-state index in [0.29, 0.717) is 11.4 Å². The normalized spacial score (nSPS) is 16.1. The molecule has 0 saturated heterocycles. The molecule has 1 unspecified atom stereocenters. The summed E-state index contributed by atoms with van der Waals surface area (Å²) in [6.07, 6.45) is 3.15. The third-order valence-corrected chi connectivity index (χ3v) is 4.12. The van der Waals surface area contributed by atoms with Crippen molar-refractivity contribution in [1.29, 1.82) is 0 Å². The van der Waals surface area contributed by atoms with Crippen LogP contribution in [0.3, 0.4) is 0 Å². The van der Waals surface area contributed by atoms with Crippen molar-refractivity contribution in [3.05, 3.63) is 47.0 Å². The zero-order valence-corrected chi connectivity index (χ0v) is 13.6. The number of anilines is 1. The lowest BCUT2D eigenvalue weighted by molar-refractivity contribution is -0.116. The molecule has 0 bridgehead atoms. The Balaban J connectivity index is 2.03. The molecule has 0 fully saturated rings. The molecule has 124 valence electrons. The molecule has 1 N–H and O–H groups in total. The number of methoxy groups -OCH3 is 2. The molecular weight excluding hydrogens is 310 g/mol. The number of amides is 1. The number of esters is 1. The van der Waals surface area contributed by atoms with E-state index in [2.05, 4.69) is 20.0 Å². The van der Waals surface area contributed by atoms with Gasteiger partial charge in [0, 0.05) is 17.9 Å². The van der Waals surface area contributed by atoms with Crippen LogP contribution in [0, 0.1) is 6.92 Å². The molecular formula is C17H17N3O4. The van der Waals surface area contributed by atoms with E-state index in [1.165, 1.54) is 19.5 Å². The molecule has 2 heterocycles. The highest BCUT2D eigenvalue weighted by molar-refractivity contribution is 5.96. The highest BCUT2D eigenvalue weighted by Gasteiger charge is 2.29. The highest BCUT2D eigenvalue weighted by atomic mass is 16.5. The van der Waals surface area contributed by atoms with Crippen molar-refractivity contribution in [2.24, 2.45) is 0 Å². The molecule has 7 heteroatoms. The molecule has 1 aromatic heterocycles. The second kappa shape index (κ2) is 6.27. The lowest BCUT2D eigenvalue weighted by Gasteiger charge is -2.27. The van der Waals surface area contributed by atoms with Gasteiger partial charge in [-0.1, -0.05) is 6.07 Å². The maximum atomic E-state index is 12.1. The van der Waals surface area contributed by atoms with E-state index in [4.69, 9.17) is 4.74 Å².